The first-order chi connectivity index (χ1) is 16.7. The van der Waals surface area contributed by atoms with E-state index in [4.69, 9.17) is 17.3 Å². The number of carboxylic acids is 1. The van der Waals surface area contributed by atoms with Gasteiger partial charge in [-0.25, -0.2) is 9.78 Å². The number of hydrogen-bond acceptors (Lipinski definition) is 7. The van der Waals surface area contributed by atoms with E-state index in [0.717, 1.165) is 23.7 Å². The van der Waals surface area contributed by atoms with Gasteiger partial charge in [0.15, 0.2) is 0 Å². The molecule has 0 bridgehead atoms. The third kappa shape index (κ3) is 5.55. The Morgan fingerprint density at radius 2 is 1.83 bits per heavy atom. The summed E-state index contributed by atoms with van der Waals surface area (Å²) in [6.45, 7) is 3.62. The molecule has 35 heavy (non-hydrogen) atoms. The van der Waals surface area contributed by atoms with Gasteiger partial charge in [-0.05, 0) is 42.7 Å². The van der Waals surface area contributed by atoms with Gasteiger partial charge in [0.1, 0.15) is 28.5 Å². The number of carboxylic acid groups (broad SMARTS) is 1. The lowest BCUT2D eigenvalue weighted by molar-refractivity contribution is -0.115. The lowest BCUT2D eigenvalue weighted by Crippen LogP contribution is -2.23. The average Bonchev–Trinajstić information content (AvgIpc) is 2.84. The Bertz CT molecular complexity index is 1390. The highest BCUT2D eigenvalue weighted by atomic mass is 35.5. The van der Waals surface area contributed by atoms with Crippen LogP contribution < -0.4 is 11.1 Å². The normalized spacial score (nSPS) is 11.2. The molecule has 0 aliphatic carbocycles. The minimum absolute atomic E-state index is 0.0305. The summed E-state index contributed by atoms with van der Waals surface area (Å²) >= 11 is 7.10. The molecule has 0 saturated heterocycles. The van der Waals surface area contributed by atoms with E-state index in [1.165, 1.54) is 18.2 Å². The van der Waals surface area contributed by atoms with Gasteiger partial charge in [0.2, 0.25) is 5.91 Å². The molecule has 2 aromatic carbocycles. The smallest absolute Gasteiger partial charge is 0.335 e. The fourth-order valence-electron chi connectivity index (χ4n) is 3.29. The van der Waals surface area contributed by atoms with Gasteiger partial charge >= 0.3 is 5.97 Å². The van der Waals surface area contributed by atoms with Crippen molar-refractivity contribution in [3.8, 4) is 23.3 Å². The molecule has 1 aromatic heterocycles. The van der Waals surface area contributed by atoms with E-state index in [1.54, 1.807) is 6.92 Å². The van der Waals surface area contributed by atoms with Gasteiger partial charge in [0, 0.05) is 5.56 Å². The zero-order valence-electron chi connectivity index (χ0n) is 18.8. The molecule has 4 N–H and O–H groups in total. The zero-order valence-corrected chi connectivity index (χ0v) is 20.4. The maximum absolute atomic E-state index is 12.9. The van der Waals surface area contributed by atoms with E-state index in [9.17, 15) is 25.2 Å². The number of halogens is 1. The summed E-state index contributed by atoms with van der Waals surface area (Å²) in [6.07, 6.45) is 0.835. The van der Waals surface area contributed by atoms with Gasteiger partial charge in [-0.2, -0.15) is 10.5 Å². The lowest BCUT2D eigenvalue weighted by atomic mass is 9.96. The fourth-order valence-corrected chi connectivity index (χ4v) is 4.37. The largest absolute Gasteiger partial charge is 0.478 e. The predicted molar refractivity (Wildman–Crippen MR) is 135 cm³/mol. The summed E-state index contributed by atoms with van der Waals surface area (Å²) in [6, 6.07) is 15.6. The molecule has 3 rings (SSSR count). The van der Waals surface area contributed by atoms with Crippen LogP contribution in [0.4, 0.5) is 11.5 Å². The third-order valence-corrected chi connectivity index (χ3v) is 6.61. The number of thioether (sulfide) groups is 1. The van der Waals surface area contributed by atoms with Crippen LogP contribution in [0.15, 0.2) is 47.5 Å². The van der Waals surface area contributed by atoms with Crippen molar-refractivity contribution in [2.24, 2.45) is 0 Å². The number of carbonyl (C=O) groups is 2. The predicted octanol–water partition coefficient (Wildman–Crippen LogP) is 5.11. The number of pyridine rings is 1. The van der Waals surface area contributed by atoms with Crippen LogP contribution in [0.25, 0.3) is 11.1 Å². The fraction of sp³-hybridized carbons (Fsp3) is 0.160. The number of rotatable bonds is 7. The number of aromatic nitrogens is 1. The molecule has 0 spiro atoms. The van der Waals surface area contributed by atoms with E-state index in [-0.39, 0.29) is 38.2 Å². The van der Waals surface area contributed by atoms with Gasteiger partial charge in [-0.1, -0.05) is 54.6 Å². The van der Waals surface area contributed by atoms with Gasteiger partial charge in [0.05, 0.1) is 27.1 Å². The highest BCUT2D eigenvalue weighted by Crippen LogP contribution is 2.37. The van der Waals surface area contributed by atoms with Crippen LogP contribution in [0, 0.1) is 22.7 Å². The minimum Gasteiger partial charge on any atom is -0.478 e. The summed E-state index contributed by atoms with van der Waals surface area (Å²) < 4.78 is 0. The maximum atomic E-state index is 12.9. The first-order valence-corrected chi connectivity index (χ1v) is 11.7. The molecule has 8 nitrogen and oxygen atoms in total. The van der Waals surface area contributed by atoms with E-state index < -0.39 is 17.1 Å². The Balaban J connectivity index is 1.97. The highest BCUT2D eigenvalue weighted by molar-refractivity contribution is 8.00. The number of anilines is 2. The Hall–Kier alpha value is -4.05. The second-order valence-corrected chi connectivity index (χ2v) is 9.19. The van der Waals surface area contributed by atoms with Crippen LogP contribution in [-0.2, 0) is 11.2 Å². The molecular weight excluding hydrogens is 486 g/mol. The SMILES string of the molecule is CCc1ccc(-c2c(C#N)c(N)nc(SC(C)C(=O)Nc3cc(C(=O)O)ccc3Cl)c2C#N)cc1. The molecule has 0 saturated carbocycles. The topological polar surface area (TPSA) is 153 Å². The Morgan fingerprint density at radius 1 is 1.17 bits per heavy atom. The lowest BCUT2D eigenvalue weighted by Gasteiger charge is -2.16. The number of nitriles is 2. The van der Waals surface area contributed by atoms with Crippen LogP contribution in [-0.4, -0.2) is 27.2 Å². The van der Waals surface area contributed by atoms with Crippen LogP contribution in [0.1, 0.15) is 40.9 Å². The molecule has 3 aromatic rings. The number of hydrogen-bond donors (Lipinski definition) is 3. The first kappa shape index (κ1) is 25.6. The molecular formula is C25H20ClN5O3S. The molecule has 1 amide bonds. The number of carbonyl (C=O) groups excluding carboxylic acids is 1. The van der Waals surface area contributed by atoms with Crippen LogP contribution in [0.2, 0.25) is 5.02 Å². The molecule has 0 aliphatic rings. The standard InChI is InChI=1S/C25H20ClN5O3S/c1-3-14-4-6-15(7-5-14)21-17(11-27)22(29)31-24(18(21)12-28)35-13(2)23(32)30-20-10-16(25(33)34)8-9-19(20)26/h4-10,13H,3H2,1-2H3,(H2,29,31)(H,30,32)(H,33,34). The van der Waals surface area contributed by atoms with E-state index in [0.29, 0.717) is 11.1 Å². The van der Waals surface area contributed by atoms with E-state index in [2.05, 4.69) is 16.4 Å². The summed E-state index contributed by atoms with van der Waals surface area (Å²) in [5.74, 6) is -1.69. The van der Waals surface area contributed by atoms with Crippen molar-refractivity contribution < 1.29 is 14.7 Å². The maximum Gasteiger partial charge on any atom is 0.335 e. The zero-order chi connectivity index (χ0) is 25.7. The highest BCUT2D eigenvalue weighted by Gasteiger charge is 2.24. The molecule has 0 radical (unpaired) electrons. The number of benzene rings is 2. The molecule has 176 valence electrons. The quantitative estimate of drug-likeness (QED) is 0.374. The molecule has 10 heteroatoms. The van der Waals surface area contributed by atoms with Gasteiger partial charge in [-0.15, -0.1) is 0 Å². The van der Waals surface area contributed by atoms with Crippen molar-refractivity contribution in [1.29, 1.82) is 10.5 Å². The molecule has 1 atom stereocenters. The Labute approximate surface area is 211 Å². The van der Waals surface area contributed by atoms with E-state index >= 15 is 0 Å². The van der Waals surface area contributed by atoms with Crippen LogP contribution in [0.5, 0.6) is 0 Å². The number of nitrogens with zero attached hydrogens (tertiary/aromatic N) is 3. The molecule has 0 aliphatic heterocycles. The minimum atomic E-state index is -1.16. The molecule has 1 unspecified atom stereocenters. The first-order valence-electron chi connectivity index (χ1n) is 10.4. The summed E-state index contributed by atoms with van der Waals surface area (Å²) in [7, 11) is 0. The number of aryl methyl sites for hydroxylation is 1. The van der Waals surface area contributed by atoms with Gasteiger partial charge < -0.3 is 16.2 Å². The van der Waals surface area contributed by atoms with Crippen LogP contribution in [0.3, 0.4) is 0 Å². The van der Waals surface area contributed by atoms with Crippen molar-refractivity contribution in [3.05, 3.63) is 69.7 Å². The van der Waals surface area contributed by atoms with Gasteiger partial charge in [-0.3, -0.25) is 4.79 Å². The van der Waals surface area contributed by atoms with Crippen molar-refractivity contribution in [1.82, 2.24) is 4.98 Å². The Morgan fingerprint density at radius 3 is 2.40 bits per heavy atom. The Kier molecular flexibility index (Phi) is 7.98. The average molecular weight is 506 g/mol. The summed E-state index contributed by atoms with van der Waals surface area (Å²) in [4.78, 5) is 28.3. The molecule has 1 heterocycles. The monoisotopic (exact) mass is 505 g/mol. The number of aromatic carboxylic acids is 1. The van der Waals surface area contributed by atoms with Crippen molar-refractivity contribution in [2.45, 2.75) is 30.5 Å². The summed E-state index contributed by atoms with van der Waals surface area (Å²) in [5, 5.41) is 31.0. The summed E-state index contributed by atoms with van der Waals surface area (Å²) in [5.41, 5.74) is 8.49. The van der Waals surface area contributed by atoms with Crippen LogP contribution >= 0.6 is 23.4 Å². The van der Waals surface area contributed by atoms with Crippen molar-refractivity contribution in [3.63, 3.8) is 0 Å². The van der Waals surface area contributed by atoms with Crippen molar-refractivity contribution >= 4 is 46.7 Å². The second kappa shape index (κ2) is 10.9. The van der Waals surface area contributed by atoms with Gasteiger partial charge in [0.25, 0.3) is 0 Å². The number of nitrogens with one attached hydrogen (secondary N) is 1. The third-order valence-electron chi connectivity index (χ3n) is 5.20. The second-order valence-electron chi connectivity index (χ2n) is 7.45. The number of amides is 1. The molecule has 0 fully saturated rings. The van der Waals surface area contributed by atoms with E-state index in [1.807, 2.05) is 37.3 Å². The number of nitrogen functional groups attached to an aromatic ring is 1. The van der Waals surface area contributed by atoms with Crippen molar-refractivity contribution in [2.75, 3.05) is 11.1 Å². The number of nitrogens with two attached hydrogens (primary N) is 1.